The number of aromatic nitrogens is 2. The summed E-state index contributed by atoms with van der Waals surface area (Å²) in [4.78, 5) is 24.6. The summed E-state index contributed by atoms with van der Waals surface area (Å²) in [6, 6.07) is 18.7. The molecule has 1 atom stereocenters. The van der Waals surface area contributed by atoms with Crippen molar-refractivity contribution in [2.75, 3.05) is 39.3 Å². The number of benzene rings is 2. The Labute approximate surface area is 201 Å². The van der Waals surface area contributed by atoms with Gasteiger partial charge in [0.1, 0.15) is 0 Å². The molecular formula is C27H33N5O2. The second-order valence-corrected chi connectivity index (χ2v) is 9.54. The molecule has 2 aliphatic rings. The number of piperidine rings is 1. The molecule has 0 bridgehead atoms. The van der Waals surface area contributed by atoms with Crippen LogP contribution in [0.5, 0.6) is 0 Å². The van der Waals surface area contributed by atoms with E-state index >= 15 is 0 Å². The number of amides is 1. The number of hydrogen-bond acceptors (Lipinski definition) is 6. The van der Waals surface area contributed by atoms with Crippen molar-refractivity contribution in [2.24, 2.45) is 5.92 Å². The Morgan fingerprint density at radius 1 is 0.941 bits per heavy atom. The molecule has 3 heterocycles. The molecule has 7 nitrogen and oxygen atoms in total. The zero-order valence-electron chi connectivity index (χ0n) is 19.9. The van der Waals surface area contributed by atoms with Gasteiger partial charge in [-0.15, -0.1) is 0 Å². The van der Waals surface area contributed by atoms with Gasteiger partial charge in [0, 0.05) is 44.8 Å². The van der Waals surface area contributed by atoms with E-state index in [1.54, 1.807) is 0 Å². The molecule has 1 unspecified atom stereocenters. The first-order valence-corrected chi connectivity index (χ1v) is 12.3. The molecule has 34 heavy (non-hydrogen) atoms. The Kier molecular flexibility index (Phi) is 7.02. The summed E-state index contributed by atoms with van der Waals surface area (Å²) in [6.07, 6.45) is 1.97. The smallest absolute Gasteiger partial charge is 0.241 e. The largest absolute Gasteiger partial charge is 0.340 e. The predicted molar refractivity (Wildman–Crippen MR) is 131 cm³/mol. The van der Waals surface area contributed by atoms with E-state index in [-0.39, 0.29) is 5.92 Å². The number of carbonyl (C=O) groups excluding carboxylic acids is 1. The third kappa shape index (κ3) is 5.54. The van der Waals surface area contributed by atoms with E-state index in [2.05, 4.69) is 62.1 Å². The van der Waals surface area contributed by atoms with Crippen LogP contribution in [0.1, 0.15) is 29.9 Å². The van der Waals surface area contributed by atoms with Crippen molar-refractivity contribution in [2.45, 2.75) is 32.9 Å². The molecule has 0 spiro atoms. The minimum atomic E-state index is 0.0499. The van der Waals surface area contributed by atoms with Gasteiger partial charge in [-0.25, -0.2) is 0 Å². The number of rotatable bonds is 6. The van der Waals surface area contributed by atoms with Gasteiger partial charge in [0.15, 0.2) is 0 Å². The number of hydrogen-bond donors (Lipinski definition) is 0. The van der Waals surface area contributed by atoms with E-state index in [0.29, 0.717) is 24.2 Å². The normalized spacial score (nSPS) is 19.9. The first-order valence-electron chi connectivity index (χ1n) is 12.3. The highest BCUT2D eigenvalue weighted by atomic mass is 16.5. The number of piperazine rings is 1. The summed E-state index contributed by atoms with van der Waals surface area (Å²) in [6.45, 7) is 8.80. The van der Waals surface area contributed by atoms with E-state index < -0.39 is 0 Å². The van der Waals surface area contributed by atoms with Crippen LogP contribution >= 0.6 is 0 Å². The molecule has 2 saturated heterocycles. The Morgan fingerprint density at radius 2 is 1.71 bits per heavy atom. The van der Waals surface area contributed by atoms with Crippen LogP contribution in [0.15, 0.2) is 59.1 Å². The lowest BCUT2D eigenvalue weighted by molar-refractivity contribution is -0.139. The number of carbonyl (C=O) groups is 1. The monoisotopic (exact) mass is 459 g/mol. The van der Waals surface area contributed by atoms with Crippen molar-refractivity contribution < 1.29 is 9.32 Å². The quantitative estimate of drug-likeness (QED) is 0.561. The average Bonchev–Trinajstić information content (AvgIpc) is 3.34. The zero-order valence-corrected chi connectivity index (χ0v) is 19.9. The summed E-state index contributed by atoms with van der Waals surface area (Å²) in [7, 11) is 0. The van der Waals surface area contributed by atoms with Crippen molar-refractivity contribution in [1.29, 1.82) is 0 Å². The molecule has 2 aromatic carbocycles. The van der Waals surface area contributed by atoms with Gasteiger partial charge in [-0.1, -0.05) is 65.3 Å². The fourth-order valence-electron chi connectivity index (χ4n) is 4.96. The standard InChI is InChI=1S/C27H33N5O2/c1-21-9-11-23(12-10-21)26-28-25(34-29-26)20-31-13-5-8-24(19-31)27(33)32-16-14-30(15-17-32)18-22-6-3-2-4-7-22/h2-4,6-7,9-12,24H,5,8,13-20H2,1H3. The first kappa shape index (κ1) is 22.7. The summed E-state index contributed by atoms with van der Waals surface area (Å²) >= 11 is 0. The second kappa shape index (κ2) is 10.5. The van der Waals surface area contributed by atoms with E-state index in [9.17, 15) is 4.79 Å². The van der Waals surface area contributed by atoms with Crippen molar-refractivity contribution in [3.63, 3.8) is 0 Å². The number of aryl methyl sites for hydroxylation is 1. The number of likely N-dealkylation sites (tertiary alicyclic amines) is 1. The number of nitrogens with zero attached hydrogens (tertiary/aromatic N) is 5. The third-order valence-corrected chi connectivity index (χ3v) is 6.92. The molecule has 2 aliphatic heterocycles. The Hall–Kier alpha value is -3.03. The van der Waals surface area contributed by atoms with Crippen molar-refractivity contribution >= 4 is 5.91 Å². The lowest BCUT2D eigenvalue weighted by Crippen LogP contribution is -2.52. The highest BCUT2D eigenvalue weighted by molar-refractivity contribution is 5.79. The molecule has 5 rings (SSSR count). The van der Waals surface area contributed by atoms with Crippen LogP contribution in [0.3, 0.4) is 0 Å². The minimum Gasteiger partial charge on any atom is -0.340 e. The van der Waals surface area contributed by atoms with Crippen LogP contribution in [0.4, 0.5) is 0 Å². The van der Waals surface area contributed by atoms with E-state index in [1.165, 1.54) is 11.1 Å². The van der Waals surface area contributed by atoms with Gasteiger partial charge in [0.2, 0.25) is 17.6 Å². The van der Waals surface area contributed by atoms with Crippen LogP contribution in [-0.2, 0) is 17.9 Å². The van der Waals surface area contributed by atoms with Crippen LogP contribution in [0.2, 0.25) is 0 Å². The molecule has 3 aromatic rings. The van der Waals surface area contributed by atoms with Crippen LogP contribution < -0.4 is 0 Å². The highest BCUT2D eigenvalue weighted by Crippen LogP contribution is 2.23. The van der Waals surface area contributed by atoms with Crippen LogP contribution in [-0.4, -0.2) is 70.0 Å². The maximum atomic E-state index is 13.3. The topological polar surface area (TPSA) is 65.7 Å². The molecule has 7 heteroatoms. The molecule has 1 aromatic heterocycles. The molecular weight excluding hydrogens is 426 g/mol. The summed E-state index contributed by atoms with van der Waals surface area (Å²) in [5, 5.41) is 4.15. The highest BCUT2D eigenvalue weighted by Gasteiger charge is 2.31. The SMILES string of the molecule is Cc1ccc(-c2noc(CN3CCCC(C(=O)N4CCN(Cc5ccccc5)CC4)C3)n2)cc1. The molecule has 0 N–H and O–H groups in total. The van der Waals surface area contributed by atoms with Gasteiger partial charge >= 0.3 is 0 Å². The van der Waals surface area contributed by atoms with Crippen LogP contribution in [0.25, 0.3) is 11.4 Å². The molecule has 2 fully saturated rings. The first-order chi connectivity index (χ1) is 16.6. The van der Waals surface area contributed by atoms with E-state index in [4.69, 9.17) is 4.52 Å². The fourth-order valence-corrected chi connectivity index (χ4v) is 4.96. The van der Waals surface area contributed by atoms with Gasteiger partial charge in [0.25, 0.3) is 0 Å². The third-order valence-electron chi connectivity index (χ3n) is 6.92. The molecule has 1 amide bonds. The Morgan fingerprint density at radius 3 is 2.47 bits per heavy atom. The van der Waals surface area contributed by atoms with E-state index in [0.717, 1.165) is 64.2 Å². The maximum Gasteiger partial charge on any atom is 0.241 e. The average molecular weight is 460 g/mol. The summed E-state index contributed by atoms with van der Waals surface area (Å²) < 4.78 is 5.52. The van der Waals surface area contributed by atoms with Gasteiger partial charge in [0.05, 0.1) is 12.5 Å². The zero-order chi connectivity index (χ0) is 23.3. The molecule has 0 saturated carbocycles. The predicted octanol–water partition coefficient (Wildman–Crippen LogP) is 3.60. The fraction of sp³-hybridized carbons (Fsp3) is 0.444. The maximum absolute atomic E-state index is 13.3. The summed E-state index contributed by atoms with van der Waals surface area (Å²) in [5.74, 6) is 1.58. The van der Waals surface area contributed by atoms with E-state index in [1.807, 2.05) is 24.3 Å². The second-order valence-electron chi connectivity index (χ2n) is 9.54. The van der Waals surface area contributed by atoms with Gasteiger partial charge in [-0.3, -0.25) is 14.6 Å². The summed E-state index contributed by atoms with van der Waals surface area (Å²) in [5.41, 5.74) is 3.49. The minimum absolute atomic E-state index is 0.0499. The Bertz CT molecular complexity index is 1070. The van der Waals surface area contributed by atoms with Gasteiger partial charge in [-0.2, -0.15) is 4.98 Å². The van der Waals surface area contributed by atoms with Crippen molar-refractivity contribution in [3.05, 3.63) is 71.6 Å². The molecule has 178 valence electrons. The van der Waals surface area contributed by atoms with Gasteiger partial charge < -0.3 is 9.42 Å². The van der Waals surface area contributed by atoms with Crippen LogP contribution in [0, 0.1) is 12.8 Å². The molecule has 0 radical (unpaired) electrons. The Balaban J connectivity index is 1.12. The van der Waals surface area contributed by atoms with Gasteiger partial charge in [-0.05, 0) is 31.9 Å². The lowest BCUT2D eigenvalue weighted by atomic mass is 9.96. The van der Waals surface area contributed by atoms with Crippen molar-refractivity contribution in [3.8, 4) is 11.4 Å². The lowest BCUT2D eigenvalue weighted by Gasteiger charge is -2.38. The molecule has 0 aliphatic carbocycles. The van der Waals surface area contributed by atoms with Crippen molar-refractivity contribution in [1.82, 2.24) is 24.8 Å².